The molecule has 2 N–H and O–H groups in total. The van der Waals surface area contributed by atoms with Crippen molar-refractivity contribution in [2.45, 2.75) is 38.8 Å². The van der Waals surface area contributed by atoms with Crippen molar-refractivity contribution in [3.8, 4) is 0 Å². The van der Waals surface area contributed by atoms with E-state index in [4.69, 9.17) is 4.74 Å². The fourth-order valence-corrected chi connectivity index (χ4v) is 3.59. The zero-order valence-corrected chi connectivity index (χ0v) is 14.6. The molecule has 1 aliphatic carbocycles. The van der Waals surface area contributed by atoms with Crippen molar-refractivity contribution in [2.24, 2.45) is 5.41 Å². The molecule has 0 bridgehead atoms. The first-order valence-corrected chi connectivity index (χ1v) is 8.34. The number of carbonyl (C=O) groups excluding carboxylic acids is 1. The fourth-order valence-electron chi connectivity index (χ4n) is 3.59. The van der Waals surface area contributed by atoms with Crippen LogP contribution in [-0.2, 0) is 9.53 Å². The second kappa shape index (κ2) is 6.11. The smallest absolute Gasteiger partial charge is 0.330 e. The van der Waals surface area contributed by atoms with Crippen LogP contribution in [0.3, 0.4) is 0 Å². The Labute approximate surface area is 146 Å². The maximum Gasteiger partial charge on any atom is 0.330 e. The third-order valence-electron chi connectivity index (χ3n) is 5.35. The number of hydrogen-bond donors (Lipinski definition) is 2. The highest BCUT2D eigenvalue weighted by Gasteiger charge is 2.66. The minimum absolute atomic E-state index is 0.214. The number of nitrogens with one attached hydrogen (secondary N) is 1. The van der Waals surface area contributed by atoms with E-state index in [1.54, 1.807) is 12.3 Å². The number of nitrogens with zero attached hydrogens (tertiary/aromatic N) is 1. The van der Waals surface area contributed by atoms with E-state index in [1.807, 2.05) is 45.0 Å². The van der Waals surface area contributed by atoms with Gasteiger partial charge in [0, 0.05) is 30.0 Å². The van der Waals surface area contributed by atoms with E-state index in [1.165, 1.54) is 0 Å². The van der Waals surface area contributed by atoms with E-state index >= 15 is 0 Å². The topological polar surface area (TPSA) is 88.5 Å². The van der Waals surface area contributed by atoms with Crippen LogP contribution in [0.4, 0.5) is 0 Å². The number of aliphatic carboxylic acids is 1. The molecule has 2 aromatic rings. The molecule has 1 aromatic carbocycles. The second-order valence-electron chi connectivity index (χ2n) is 6.92. The molecule has 0 unspecified atom stereocenters. The van der Waals surface area contributed by atoms with Crippen molar-refractivity contribution < 1.29 is 19.4 Å². The summed E-state index contributed by atoms with van der Waals surface area (Å²) in [5.41, 5.74) is -1.87. The van der Waals surface area contributed by atoms with Crippen molar-refractivity contribution in [3.63, 3.8) is 0 Å². The molecular formula is C19H22N2O4. The van der Waals surface area contributed by atoms with Gasteiger partial charge in [0.15, 0.2) is 0 Å². The number of carbonyl (C=O) groups is 2. The number of carboxylic acids is 1. The predicted molar refractivity (Wildman–Crippen MR) is 93.4 cm³/mol. The number of aromatic nitrogens is 1. The molecule has 6 heteroatoms. The Bertz CT molecular complexity index is 828. The Morgan fingerprint density at radius 3 is 2.68 bits per heavy atom. The predicted octanol–water partition coefficient (Wildman–Crippen LogP) is 2.62. The number of amides is 1. The molecule has 2 atom stereocenters. The van der Waals surface area contributed by atoms with E-state index in [-0.39, 0.29) is 18.2 Å². The third kappa shape index (κ3) is 2.57. The highest BCUT2D eigenvalue weighted by Crippen LogP contribution is 2.51. The summed E-state index contributed by atoms with van der Waals surface area (Å²) in [6, 6.07) is 9.22. The maximum absolute atomic E-state index is 12.8. The number of fused-ring (bicyclic) bond motifs is 1. The van der Waals surface area contributed by atoms with Crippen LogP contribution in [0.2, 0.25) is 0 Å². The number of benzene rings is 1. The number of rotatable bonds is 5. The lowest BCUT2D eigenvalue weighted by Crippen LogP contribution is -2.76. The van der Waals surface area contributed by atoms with Crippen LogP contribution in [0, 0.1) is 5.41 Å². The Morgan fingerprint density at radius 2 is 2.04 bits per heavy atom. The SMILES string of the molecule is CCO[C@H]1C[C@@](NC(=O)c2nccc3ccccc23)(C(=O)O)C1(C)C. The quantitative estimate of drug-likeness (QED) is 0.872. The first-order chi connectivity index (χ1) is 11.8. The van der Waals surface area contributed by atoms with E-state index in [0.29, 0.717) is 12.0 Å². The molecule has 0 aliphatic heterocycles. The highest BCUT2D eigenvalue weighted by molar-refractivity contribution is 6.07. The van der Waals surface area contributed by atoms with Gasteiger partial charge < -0.3 is 15.2 Å². The largest absolute Gasteiger partial charge is 0.479 e. The number of pyridine rings is 1. The van der Waals surface area contributed by atoms with Gasteiger partial charge in [0.25, 0.3) is 5.91 Å². The van der Waals surface area contributed by atoms with Gasteiger partial charge in [-0.3, -0.25) is 9.78 Å². The number of ether oxygens (including phenoxy) is 1. The molecule has 1 heterocycles. The summed E-state index contributed by atoms with van der Waals surface area (Å²) in [6.07, 6.45) is 1.58. The van der Waals surface area contributed by atoms with Gasteiger partial charge in [0.1, 0.15) is 11.2 Å². The molecule has 6 nitrogen and oxygen atoms in total. The van der Waals surface area contributed by atoms with Crippen molar-refractivity contribution in [2.75, 3.05) is 6.61 Å². The van der Waals surface area contributed by atoms with Crippen LogP contribution in [0.1, 0.15) is 37.7 Å². The first kappa shape index (κ1) is 17.4. The molecule has 3 rings (SSSR count). The van der Waals surface area contributed by atoms with E-state index in [2.05, 4.69) is 10.3 Å². The Hall–Kier alpha value is -2.47. The van der Waals surface area contributed by atoms with E-state index < -0.39 is 22.8 Å². The van der Waals surface area contributed by atoms with Gasteiger partial charge in [-0.15, -0.1) is 0 Å². The maximum atomic E-state index is 12.8. The minimum Gasteiger partial charge on any atom is -0.479 e. The van der Waals surface area contributed by atoms with Gasteiger partial charge in [-0.1, -0.05) is 38.1 Å². The van der Waals surface area contributed by atoms with Crippen molar-refractivity contribution in [3.05, 3.63) is 42.2 Å². The average molecular weight is 342 g/mol. The number of hydrogen-bond acceptors (Lipinski definition) is 4. The summed E-state index contributed by atoms with van der Waals surface area (Å²) in [4.78, 5) is 29.0. The van der Waals surface area contributed by atoms with Crippen LogP contribution in [0.5, 0.6) is 0 Å². The molecule has 132 valence electrons. The Morgan fingerprint density at radius 1 is 1.32 bits per heavy atom. The molecule has 25 heavy (non-hydrogen) atoms. The van der Waals surface area contributed by atoms with Crippen LogP contribution in [-0.4, -0.2) is 40.2 Å². The zero-order chi connectivity index (χ0) is 18.2. The lowest BCUT2D eigenvalue weighted by Gasteiger charge is -2.58. The van der Waals surface area contributed by atoms with Crippen LogP contribution in [0.15, 0.2) is 36.5 Å². The first-order valence-electron chi connectivity index (χ1n) is 8.34. The van der Waals surface area contributed by atoms with Crippen LogP contribution >= 0.6 is 0 Å². The summed E-state index contributed by atoms with van der Waals surface area (Å²) in [5.74, 6) is -1.54. The van der Waals surface area contributed by atoms with E-state index in [0.717, 1.165) is 5.39 Å². The molecule has 1 aromatic heterocycles. The molecule has 0 saturated heterocycles. The molecule has 0 radical (unpaired) electrons. The van der Waals surface area contributed by atoms with Gasteiger partial charge in [0.2, 0.25) is 0 Å². The lowest BCUT2D eigenvalue weighted by molar-refractivity contribution is -0.190. The normalized spacial score (nSPS) is 24.5. The van der Waals surface area contributed by atoms with Gasteiger partial charge in [-0.25, -0.2) is 4.79 Å². The Balaban J connectivity index is 1.94. The standard InChI is InChI=1S/C19H22N2O4/c1-4-25-14-11-19(17(23)24,18(14,2)3)21-16(22)15-13-8-6-5-7-12(13)9-10-20-15/h5-10,14H,4,11H2,1-3H3,(H,21,22)(H,23,24)/t14-,19+/m0/s1. The summed E-state index contributed by atoms with van der Waals surface area (Å²) in [7, 11) is 0. The zero-order valence-electron chi connectivity index (χ0n) is 14.6. The van der Waals surface area contributed by atoms with Gasteiger partial charge in [0.05, 0.1) is 6.10 Å². The molecule has 1 saturated carbocycles. The number of carboxylic acid groups (broad SMARTS) is 1. The molecular weight excluding hydrogens is 320 g/mol. The highest BCUT2D eigenvalue weighted by atomic mass is 16.5. The average Bonchev–Trinajstić information content (AvgIpc) is 2.59. The van der Waals surface area contributed by atoms with Crippen molar-refractivity contribution >= 4 is 22.6 Å². The fraction of sp³-hybridized carbons (Fsp3) is 0.421. The van der Waals surface area contributed by atoms with Crippen LogP contribution < -0.4 is 5.32 Å². The summed E-state index contributed by atoms with van der Waals surface area (Å²) >= 11 is 0. The van der Waals surface area contributed by atoms with Gasteiger partial charge >= 0.3 is 5.97 Å². The summed E-state index contributed by atoms with van der Waals surface area (Å²) in [5, 5.41) is 14.1. The lowest BCUT2D eigenvalue weighted by atomic mass is 9.54. The molecule has 1 fully saturated rings. The Kier molecular flexibility index (Phi) is 4.24. The second-order valence-corrected chi connectivity index (χ2v) is 6.92. The van der Waals surface area contributed by atoms with Gasteiger partial charge in [-0.2, -0.15) is 0 Å². The molecule has 0 spiro atoms. The molecule has 1 aliphatic rings. The van der Waals surface area contributed by atoms with Crippen LogP contribution in [0.25, 0.3) is 10.8 Å². The van der Waals surface area contributed by atoms with Crippen molar-refractivity contribution in [1.29, 1.82) is 0 Å². The third-order valence-corrected chi connectivity index (χ3v) is 5.35. The van der Waals surface area contributed by atoms with Gasteiger partial charge in [-0.05, 0) is 18.4 Å². The van der Waals surface area contributed by atoms with E-state index in [9.17, 15) is 14.7 Å². The monoisotopic (exact) mass is 342 g/mol. The minimum atomic E-state index is -1.37. The summed E-state index contributed by atoms with van der Waals surface area (Å²) < 4.78 is 5.63. The molecule has 1 amide bonds. The summed E-state index contributed by atoms with van der Waals surface area (Å²) in [6.45, 7) is 5.99. The van der Waals surface area contributed by atoms with Crippen molar-refractivity contribution in [1.82, 2.24) is 10.3 Å².